The molecule has 20 nitrogen and oxygen atoms in total. The van der Waals surface area contributed by atoms with Crippen LogP contribution in [0.5, 0.6) is 0 Å². The number of hydrogen-bond acceptors (Lipinski definition) is 14. The number of carboxylic acids is 3. The Morgan fingerprint density at radius 2 is 1.00 bits per heavy atom. The van der Waals surface area contributed by atoms with Crippen LogP contribution in [0, 0.1) is 0 Å². The predicted octanol–water partition coefficient (Wildman–Crippen LogP) is 5.17. The predicted molar refractivity (Wildman–Crippen MR) is 258 cm³/mol. The van der Waals surface area contributed by atoms with Gasteiger partial charge in [-0.15, -0.1) is 0 Å². The van der Waals surface area contributed by atoms with Gasteiger partial charge in [-0.05, 0) is 40.3 Å². The number of aromatic carboxylic acids is 3. The summed E-state index contributed by atoms with van der Waals surface area (Å²) in [6.07, 6.45) is -2.89. The molecule has 1 amide bonds. The molecule has 11 N–H and O–H groups in total. The summed E-state index contributed by atoms with van der Waals surface area (Å²) in [7, 11) is 0. The lowest BCUT2D eigenvalue weighted by Gasteiger charge is -2.36. The van der Waals surface area contributed by atoms with Crippen molar-refractivity contribution in [2.45, 2.75) is 82.6 Å². The first-order chi connectivity index (χ1) is 33.6. The van der Waals surface area contributed by atoms with Gasteiger partial charge in [0.1, 0.15) is 11.4 Å². The fourth-order valence-corrected chi connectivity index (χ4v) is 7.06. The molecule has 20 heteroatoms. The fourth-order valence-electron chi connectivity index (χ4n) is 7.06. The molecule has 376 valence electrons. The summed E-state index contributed by atoms with van der Waals surface area (Å²) >= 11 is 0. The lowest BCUT2D eigenvalue weighted by atomic mass is 9.75. The fraction of sp³-hybridized carbons (Fsp3) is 0.294. The molecular weight excluding hydrogens is 921 g/mol. The van der Waals surface area contributed by atoms with Crippen molar-refractivity contribution in [1.82, 2.24) is 25.7 Å². The van der Waals surface area contributed by atoms with Crippen molar-refractivity contribution in [2.24, 2.45) is 5.73 Å². The maximum absolute atomic E-state index is 12.9. The first kappa shape index (κ1) is 55.6. The molecule has 0 bridgehead atoms. The zero-order valence-corrected chi connectivity index (χ0v) is 39.6. The molecule has 4 atom stereocenters. The maximum atomic E-state index is 12.9. The normalized spacial score (nSPS) is 12.8. The van der Waals surface area contributed by atoms with Crippen LogP contribution in [0.1, 0.15) is 101 Å². The van der Waals surface area contributed by atoms with E-state index in [0.717, 1.165) is 45.5 Å². The first-order valence-corrected chi connectivity index (χ1v) is 22.1. The van der Waals surface area contributed by atoms with Gasteiger partial charge in [-0.1, -0.05) is 137 Å². The quantitative estimate of drug-likeness (QED) is 0.0369. The van der Waals surface area contributed by atoms with Gasteiger partial charge in [0.05, 0.1) is 6.61 Å². The number of esters is 2. The van der Waals surface area contributed by atoms with Gasteiger partial charge >= 0.3 is 29.8 Å². The number of H-pyrrole nitrogens is 2. The van der Waals surface area contributed by atoms with Crippen LogP contribution in [0.2, 0.25) is 0 Å². The Labute approximate surface area is 408 Å². The van der Waals surface area contributed by atoms with Crippen LogP contribution >= 0.6 is 0 Å². The molecule has 0 spiro atoms. The van der Waals surface area contributed by atoms with Gasteiger partial charge in [0.15, 0.2) is 30.4 Å². The second kappa shape index (κ2) is 25.5. The van der Waals surface area contributed by atoms with Gasteiger partial charge < -0.3 is 51.2 Å². The van der Waals surface area contributed by atoms with E-state index in [9.17, 15) is 39.0 Å². The number of hydrogen-bond donors (Lipinski definition) is 10. The molecule has 2 heterocycles. The number of amides is 1. The van der Waals surface area contributed by atoms with Crippen LogP contribution in [0.25, 0.3) is 22.3 Å². The third kappa shape index (κ3) is 15.5. The highest BCUT2D eigenvalue weighted by molar-refractivity contribution is 5.95. The Morgan fingerprint density at radius 3 is 1.41 bits per heavy atom. The van der Waals surface area contributed by atoms with E-state index in [2.05, 4.69) is 66.8 Å². The number of carboxylic acid groups (broad SMARTS) is 3. The third-order valence-corrected chi connectivity index (χ3v) is 11.6. The third-order valence-electron chi connectivity index (χ3n) is 11.6. The van der Waals surface area contributed by atoms with Gasteiger partial charge in [-0.3, -0.25) is 15.0 Å². The van der Waals surface area contributed by atoms with Crippen molar-refractivity contribution < 1.29 is 68.9 Å². The lowest BCUT2D eigenvalue weighted by molar-refractivity contribution is -0.162. The zero-order chi connectivity index (χ0) is 52.5. The number of nitrogens with two attached hydrogens (primary N) is 1. The zero-order valence-electron chi connectivity index (χ0n) is 39.6. The largest absolute Gasteiger partial charge is 0.477 e. The van der Waals surface area contributed by atoms with E-state index in [1.807, 2.05) is 100 Å². The average Bonchev–Trinajstić information content (AvgIpc) is 4.08. The number of ether oxygens (including phenoxy) is 2. The molecule has 0 aliphatic heterocycles. The van der Waals surface area contributed by atoms with Crippen molar-refractivity contribution in [3.05, 3.63) is 155 Å². The van der Waals surface area contributed by atoms with Crippen LogP contribution < -0.4 is 11.1 Å². The molecule has 0 aliphatic rings. The number of carbonyl (C=O) groups is 6. The van der Waals surface area contributed by atoms with Crippen molar-refractivity contribution >= 4 is 35.8 Å². The maximum Gasteiger partial charge on any atom is 0.356 e. The molecule has 0 unspecified atom stereocenters. The number of nitrogens with zero attached hydrogens (tertiary/aromatic N) is 2. The number of benzene rings is 4. The van der Waals surface area contributed by atoms with E-state index in [4.69, 9.17) is 30.9 Å². The Bertz CT molecular complexity index is 2680. The Balaban J connectivity index is 0.000000263. The van der Waals surface area contributed by atoms with Gasteiger partial charge in [0.25, 0.3) is 5.91 Å². The molecule has 0 aliphatic carbocycles. The lowest BCUT2D eigenvalue weighted by Crippen LogP contribution is -2.50. The van der Waals surface area contributed by atoms with Gasteiger partial charge in [0, 0.05) is 47.9 Å². The summed E-state index contributed by atoms with van der Waals surface area (Å²) < 4.78 is 9.32. The average molecular weight is 979 g/mol. The molecule has 6 rings (SSSR count). The SMILES string of the molecule is CC(C)(c1ccc(-c2ccccc2)cc1)[C@H](C[C@@H](O)C(=O)OCO)NC(=O)c1cc(C(=O)O)[nH]n1.CCOC(=O)[C@H](O)C[C@H](N)C(C)(C)c1ccc(-c2ccccc2)cc1.O=C(O)c1cc(C(=O)O)[nH]n1. The Kier molecular flexibility index (Phi) is 20.0. The highest BCUT2D eigenvalue weighted by Crippen LogP contribution is 2.33. The van der Waals surface area contributed by atoms with Gasteiger partial charge in [0.2, 0.25) is 0 Å². The minimum atomic E-state index is -1.62. The Hall–Kier alpha value is -8.04. The van der Waals surface area contributed by atoms with Gasteiger partial charge in [-0.2, -0.15) is 10.2 Å². The highest BCUT2D eigenvalue weighted by Gasteiger charge is 2.37. The van der Waals surface area contributed by atoms with Crippen LogP contribution in [0.4, 0.5) is 0 Å². The van der Waals surface area contributed by atoms with Gasteiger partial charge in [-0.25, -0.2) is 24.0 Å². The number of rotatable bonds is 19. The van der Waals surface area contributed by atoms with E-state index >= 15 is 0 Å². The van der Waals surface area contributed by atoms with Crippen molar-refractivity contribution in [2.75, 3.05) is 13.4 Å². The molecule has 0 fully saturated rings. The second-order valence-corrected chi connectivity index (χ2v) is 17.1. The number of aromatic nitrogens is 4. The monoisotopic (exact) mass is 978 g/mol. The molecule has 2 aromatic heterocycles. The summed E-state index contributed by atoms with van der Waals surface area (Å²) in [5.41, 5.74) is 10.4. The number of aliphatic hydroxyl groups excluding tert-OH is 3. The van der Waals surface area contributed by atoms with Crippen LogP contribution in [-0.4, -0.2) is 124 Å². The minimum absolute atomic E-state index is 0.157. The molecule has 0 radical (unpaired) electrons. The van der Waals surface area contributed by atoms with E-state index in [0.29, 0.717) is 0 Å². The van der Waals surface area contributed by atoms with E-state index in [1.54, 1.807) is 6.92 Å². The summed E-state index contributed by atoms with van der Waals surface area (Å²) in [4.78, 5) is 67.9. The molecular formula is C51H58N6O14. The van der Waals surface area contributed by atoms with Crippen molar-refractivity contribution in [3.63, 3.8) is 0 Å². The Morgan fingerprint density at radius 1 is 0.592 bits per heavy atom. The standard InChI is InChI=1S/C25H27N3O7.C21H27NO3.C5H4N2O4/c1-25(2,17-10-8-16(9-11-17)15-6-4-3-5-7-15)21(13-20(30)24(34)35-14-29)26-22(31)18-12-19(23(32)33)28-27-18;1-4-25-20(24)18(23)14-19(22)21(2,3)17-12-10-16(11-13-17)15-8-6-5-7-9-15;8-4(9)2-1-3(5(10)11)7-6-2/h3-12,20-21,29-30H,13-14H2,1-2H3,(H,26,31)(H,27,28)(H,32,33);5-13,18-19,23H,4,14,22H2,1-3H3;1H,(H,6,7)(H,8,9)(H,10,11)/t20-,21+;18-,19+;/m11./s1. The first-order valence-electron chi connectivity index (χ1n) is 22.1. The minimum Gasteiger partial charge on any atom is -0.477 e. The second-order valence-electron chi connectivity index (χ2n) is 17.1. The van der Waals surface area contributed by atoms with E-state index in [1.165, 1.54) is 0 Å². The number of aromatic amines is 2. The molecule has 0 saturated heterocycles. The molecule has 71 heavy (non-hydrogen) atoms. The topological polar surface area (TPSA) is 338 Å². The smallest absolute Gasteiger partial charge is 0.356 e. The summed E-state index contributed by atoms with van der Waals surface area (Å²) in [5, 5.41) is 68.9. The molecule has 0 saturated carbocycles. The van der Waals surface area contributed by atoms with Crippen molar-refractivity contribution in [1.29, 1.82) is 0 Å². The number of nitrogens with one attached hydrogen (secondary N) is 3. The van der Waals surface area contributed by atoms with Crippen molar-refractivity contribution in [3.8, 4) is 22.3 Å². The van der Waals surface area contributed by atoms with Crippen LogP contribution in [0.3, 0.4) is 0 Å². The van der Waals surface area contributed by atoms with Crippen LogP contribution in [0.15, 0.2) is 121 Å². The number of carbonyl (C=O) groups excluding carboxylic acids is 3. The summed E-state index contributed by atoms with van der Waals surface area (Å²) in [6, 6.07) is 36.7. The number of aliphatic hydroxyl groups is 3. The van der Waals surface area contributed by atoms with E-state index in [-0.39, 0.29) is 53.7 Å². The molecule has 4 aromatic carbocycles. The highest BCUT2D eigenvalue weighted by atomic mass is 16.6. The summed E-state index contributed by atoms with van der Waals surface area (Å²) in [6.45, 7) is 8.79. The summed E-state index contributed by atoms with van der Waals surface area (Å²) in [5.74, 6) is -6.09. The van der Waals surface area contributed by atoms with Crippen LogP contribution in [-0.2, 0) is 29.9 Å². The molecule has 6 aromatic rings. The van der Waals surface area contributed by atoms with E-state index < -0.39 is 66.2 Å².